The maximum atomic E-state index is 11.5. The molecule has 33 heavy (non-hydrogen) atoms. The van der Waals surface area contributed by atoms with E-state index in [4.69, 9.17) is 23.7 Å². The molecule has 10 nitrogen and oxygen atoms in total. The lowest BCUT2D eigenvalue weighted by Gasteiger charge is -2.48. The van der Waals surface area contributed by atoms with E-state index >= 15 is 0 Å². The fourth-order valence-electron chi connectivity index (χ4n) is 3.86. The zero-order valence-electron chi connectivity index (χ0n) is 18.0. The fourth-order valence-corrected chi connectivity index (χ4v) is 3.86. The Morgan fingerprint density at radius 2 is 1.88 bits per heavy atom. The molecule has 0 amide bonds. The van der Waals surface area contributed by atoms with E-state index in [0.29, 0.717) is 0 Å². The van der Waals surface area contributed by atoms with Crippen LogP contribution >= 0.6 is 0 Å². The second kappa shape index (κ2) is 10.8. The lowest BCUT2D eigenvalue weighted by atomic mass is 9.95. The molecule has 2 fully saturated rings. The van der Waals surface area contributed by atoms with Crippen molar-refractivity contribution < 1.29 is 33.6 Å². The second-order valence-corrected chi connectivity index (χ2v) is 7.79. The van der Waals surface area contributed by atoms with Crippen molar-refractivity contribution in [2.75, 3.05) is 6.61 Å². The van der Waals surface area contributed by atoms with Crippen LogP contribution in [0.4, 0.5) is 0 Å². The molecule has 7 atom stereocenters. The normalized spacial score (nSPS) is 30.0. The quantitative estimate of drug-likeness (QED) is 0.365. The van der Waals surface area contributed by atoms with E-state index in [1.807, 2.05) is 60.7 Å². The fraction of sp³-hybridized carbons (Fsp3) is 0.435. The van der Waals surface area contributed by atoms with Crippen LogP contribution in [0.5, 0.6) is 0 Å². The Hall–Kier alpha value is -2.98. The molecule has 0 saturated carbocycles. The molecule has 0 spiro atoms. The molecule has 2 aromatic carbocycles. The van der Waals surface area contributed by atoms with E-state index in [2.05, 4.69) is 10.0 Å². The topological polar surface area (TPSA) is 132 Å². The number of aliphatic carboxylic acids is 1. The molecule has 0 radical (unpaired) electrons. The van der Waals surface area contributed by atoms with Crippen molar-refractivity contribution >= 4 is 5.97 Å². The van der Waals surface area contributed by atoms with Gasteiger partial charge in [-0.3, -0.25) is 0 Å². The van der Waals surface area contributed by atoms with Crippen LogP contribution in [0.2, 0.25) is 0 Å². The zero-order chi connectivity index (χ0) is 23.2. The number of hydrogen-bond donors (Lipinski definition) is 1. The number of azide groups is 1. The number of hydrogen-bond acceptors (Lipinski definition) is 7. The first-order valence-corrected chi connectivity index (χ1v) is 10.6. The first kappa shape index (κ1) is 23.2. The lowest BCUT2D eigenvalue weighted by molar-refractivity contribution is -0.349. The smallest absolute Gasteiger partial charge is 0.332 e. The summed E-state index contributed by atoms with van der Waals surface area (Å²) in [5.74, 6) is -1.15. The molecule has 0 aromatic heterocycles. The highest BCUT2D eigenvalue weighted by Crippen LogP contribution is 2.37. The van der Waals surface area contributed by atoms with Gasteiger partial charge in [-0.2, -0.15) is 0 Å². The Balaban J connectivity index is 1.59. The van der Waals surface area contributed by atoms with Crippen molar-refractivity contribution in [1.82, 2.24) is 0 Å². The van der Waals surface area contributed by atoms with Crippen molar-refractivity contribution in [2.45, 2.75) is 56.6 Å². The summed E-state index contributed by atoms with van der Waals surface area (Å²) in [7, 11) is 0. The molecule has 2 aliphatic rings. The molecule has 10 heteroatoms. The van der Waals surface area contributed by atoms with Gasteiger partial charge in [0.2, 0.25) is 0 Å². The van der Waals surface area contributed by atoms with Gasteiger partial charge in [0, 0.05) is 10.5 Å². The van der Waals surface area contributed by atoms with E-state index in [1.165, 1.54) is 6.92 Å². The van der Waals surface area contributed by atoms with E-state index in [1.54, 1.807) is 0 Å². The highest BCUT2D eigenvalue weighted by Gasteiger charge is 2.51. The number of carboxylic acid groups (broad SMARTS) is 1. The minimum absolute atomic E-state index is 0.166. The van der Waals surface area contributed by atoms with Crippen LogP contribution < -0.4 is 0 Å². The largest absolute Gasteiger partial charge is 0.479 e. The van der Waals surface area contributed by atoms with E-state index in [9.17, 15) is 15.4 Å². The van der Waals surface area contributed by atoms with E-state index in [0.717, 1.165) is 11.1 Å². The van der Waals surface area contributed by atoms with Crippen molar-refractivity contribution in [1.29, 1.82) is 0 Å². The summed E-state index contributed by atoms with van der Waals surface area (Å²) in [5.41, 5.74) is 10.9. The van der Waals surface area contributed by atoms with Crippen LogP contribution in [-0.2, 0) is 35.1 Å². The first-order chi connectivity index (χ1) is 16.1. The predicted octanol–water partition coefficient (Wildman–Crippen LogP) is 3.58. The molecule has 2 saturated heterocycles. The summed E-state index contributed by atoms with van der Waals surface area (Å²) >= 11 is 0. The summed E-state index contributed by atoms with van der Waals surface area (Å²) in [6.07, 6.45) is -5.12. The second-order valence-electron chi connectivity index (χ2n) is 7.79. The third-order valence-corrected chi connectivity index (χ3v) is 5.53. The van der Waals surface area contributed by atoms with E-state index < -0.39 is 49.0 Å². The summed E-state index contributed by atoms with van der Waals surface area (Å²) in [4.78, 5) is 14.5. The molecule has 0 unspecified atom stereocenters. The molecule has 4 rings (SSSR count). The summed E-state index contributed by atoms with van der Waals surface area (Å²) < 4.78 is 29.9. The third kappa shape index (κ3) is 5.51. The molecule has 1 N–H and O–H groups in total. The Morgan fingerprint density at radius 3 is 2.55 bits per heavy atom. The SMILES string of the molecule is C[C@@H](O[C@@H]1[C@@H](N=[N+]=[N-])[C@@H](OCc2ccccc2)O[C@@H]2CO[C@@H](c3ccccc3)O[C@@H]12)C(=O)O. The van der Waals surface area contributed by atoms with Crippen LogP contribution in [0, 0.1) is 0 Å². The molecule has 0 bridgehead atoms. The van der Waals surface area contributed by atoms with Gasteiger partial charge in [0.25, 0.3) is 0 Å². The lowest BCUT2D eigenvalue weighted by Crippen LogP contribution is -2.63. The number of carboxylic acids is 1. The molecular formula is C23H25N3O7. The molecule has 2 aromatic rings. The highest BCUT2D eigenvalue weighted by atomic mass is 16.8. The average molecular weight is 455 g/mol. The number of carbonyl (C=O) groups is 1. The van der Waals surface area contributed by atoms with Crippen LogP contribution in [0.3, 0.4) is 0 Å². The zero-order valence-corrected chi connectivity index (χ0v) is 18.0. The third-order valence-electron chi connectivity index (χ3n) is 5.53. The molecular weight excluding hydrogens is 430 g/mol. The van der Waals surface area contributed by atoms with Crippen molar-refractivity contribution in [3.63, 3.8) is 0 Å². The van der Waals surface area contributed by atoms with Crippen molar-refractivity contribution in [3.8, 4) is 0 Å². The summed E-state index contributed by atoms with van der Waals surface area (Å²) in [6, 6.07) is 17.8. The highest BCUT2D eigenvalue weighted by molar-refractivity contribution is 5.71. The molecule has 2 aliphatic heterocycles. The Kier molecular flexibility index (Phi) is 7.56. The van der Waals surface area contributed by atoms with Crippen molar-refractivity contribution in [2.24, 2.45) is 5.11 Å². The first-order valence-electron chi connectivity index (χ1n) is 10.6. The molecule has 174 valence electrons. The summed E-state index contributed by atoms with van der Waals surface area (Å²) in [6.45, 7) is 1.78. The van der Waals surface area contributed by atoms with Gasteiger partial charge in [0.1, 0.15) is 24.4 Å². The van der Waals surface area contributed by atoms with Crippen molar-refractivity contribution in [3.05, 3.63) is 82.2 Å². The van der Waals surface area contributed by atoms with Crippen LogP contribution in [0.1, 0.15) is 24.3 Å². The summed E-state index contributed by atoms with van der Waals surface area (Å²) in [5, 5.41) is 13.3. The number of ether oxygens (including phenoxy) is 5. The van der Waals surface area contributed by atoms with Crippen LogP contribution in [0.25, 0.3) is 10.4 Å². The van der Waals surface area contributed by atoms with E-state index in [-0.39, 0.29) is 13.2 Å². The van der Waals surface area contributed by atoms with Gasteiger partial charge in [-0.15, -0.1) is 0 Å². The number of nitrogens with zero attached hydrogens (tertiary/aromatic N) is 3. The monoisotopic (exact) mass is 455 g/mol. The van der Waals surface area contributed by atoms with Gasteiger partial charge in [0.15, 0.2) is 18.7 Å². The van der Waals surface area contributed by atoms with Crippen LogP contribution in [0.15, 0.2) is 65.8 Å². The predicted molar refractivity (Wildman–Crippen MR) is 115 cm³/mol. The van der Waals surface area contributed by atoms with Gasteiger partial charge in [-0.25, -0.2) is 4.79 Å². The minimum Gasteiger partial charge on any atom is -0.479 e. The maximum Gasteiger partial charge on any atom is 0.332 e. The van der Waals surface area contributed by atoms with Gasteiger partial charge in [-0.1, -0.05) is 65.8 Å². The van der Waals surface area contributed by atoms with Gasteiger partial charge in [0.05, 0.1) is 13.2 Å². The Bertz CT molecular complexity index is 971. The average Bonchev–Trinajstić information content (AvgIpc) is 2.85. The van der Waals surface area contributed by atoms with Gasteiger partial charge < -0.3 is 28.8 Å². The van der Waals surface area contributed by atoms with Gasteiger partial charge in [-0.05, 0) is 18.0 Å². The Morgan fingerprint density at radius 1 is 1.18 bits per heavy atom. The molecule has 2 heterocycles. The number of benzene rings is 2. The standard InChI is InChI=1S/C23H25N3O7/c1-14(21(27)28)31-20-18(25-26-24)23(29-12-15-8-4-2-5-9-15)32-17-13-30-22(33-19(17)20)16-10-6-3-7-11-16/h2-11,14,17-20,22-23H,12-13H2,1H3,(H,27,28)/t14-,17-,18-,19-,20-,22-,23+/m1/s1. The minimum atomic E-state index is -1.17. The number of fused-ring (bicyclic) bond motifs is 1. The molecule has 0 aliphatic carbocycles. The Labute approximate surface area is 190 Å². The van der Waals surface area contributed by atoms with Gasteiger partial charge >= 0.3 is 5.97 Å². The maximum absolute atomic E-state index is 11.5. The number of rotatable bonds is 8. The van der Waals surface area contributed by atoms with Crippen LogP contribution in [-0.4, -0.2) is 54.4 Å².